The molecule has 1 heterocycles. The van der Waals surface area contributed by atoms with Crippen molar-refractivity contribution in [2.45, 2.75) is 83.3 Å². The number of Topliss-reactive ketones (excluding diaryl/α,β-unsaturated/α-hetero) is 1. The Morgan fingerprint density at radius 3 is 2.56 bits per heavy atom. The van der Waals surface area contributed by atoms with Crippen molar-refractivity contribution in [3.8, 4) is 0 Å². The zero-order valence-electron chi connectivity index (χ0n) is 24.3. The Morgan fingerprint density at radius 2 is 1.83 bits per heavy atom. The van der Waals surface area contributed by atoms with Crippen LogP contribution in [0.4, 0.5) is 5.69 Å². The van der Waals surface area contributed by atoms with Crippen molar-refractivity contribution in [2.24, 2.45) is 17.8 Å². The van der Waals surface area contributed by atoms with Gasteiger partial charge in [-0.2, -0.15) is 0 Å². The fourth-order valence-electron chi connectivity index (χ4n) is 6.12. The van der Waals surface area contributed by atoms with Crippen LogP contribution in [0, 0.1) is 17.8 Å². The van der Waals surface area contributed by atoms with Gasteiger partial charge in [0.05, 0.1) is 0 Å². The first-order valence-corrected chi connectivity index (χ1v) is 14.6. The van der Waals surface area contributed by atoms with Gasteiger partial charge in [0.25, 0.3) is 11.5 Å². The minimum atomic E-state index is -1.14. The molecule has 12 nitrogen and oxygen atoms in total. The van der Waals surface area contributed by atoms with Crippen molar-refractivity contribution in [1.29, 1.82) is 0 Å². The largest absolute Gasteiger partial charge is 0.353 e. The highest BCUT2D eigenvalue weighted by molar-refractivity contribution is 6.36. The highest BCUT2D eigenvalue weighted by Crippen LogP contribution is 2.42. The summed E-state index contributed by atoms with van der Waals surface area (Å²) in [5.41, 5.74) is -0.621. The first-order chi connectivity index (χ1) is 19.6. The number of amides is 4. The number of ketones is 1. The van der Waals surface area contributed by atoms with Crippen LogP contribution < -0.4 is 32.1 Å². The molecule has 0 radical (unpaired) electrons. The van der Waals surface area contributed by atoms with Gasteiger partial charge in [0.1, 0.15) is 18.3 Å². The molecule has 226 valence electrons. The first-order valence-electron chi connectivity index (χ1n) is 14.6. The van der Waals surface area contributed by atoms with Crippen LogP contribution in [-0.2, 0) is 30.5 Å². The van der Waals surface area contributed by atoms with Crippen LogP contribution in [0.2, 0.25) is 0 Å². The molecule has 41 heavy (non-hydrogen) atoms. The molecule has 5 N–H and O–H groups in total. The van der Waals surface area contributed by atoms with Crippen LogP contribution in [0.15, 0.2) is 23.1 Å². The molecule has 12 heteroatoms. The van der Waals surface area contributed by atoms with E-state index in [4.69, 9.17) is 0 Å². The number of likely N-dealkylation sites (N-methyl/N-ethyl adjacent to an activating group) is 1. The second-order valence-electron chi connectivity index (χ2n) is 11.3. The van der Waals surface area contributed by atoms with Crippen LogP contribution in [0.3, 0.4) is 0 Å². The highest BCUT2D eigenvalue weighted by Gasteiger charge is 2.38. The Morgan fingerprint density at radius 1 is 1.05 bits per heavy atom. The van der Waals surface area contributed by atoms with Gasteiger partial charge in [0, 0.05) is 32.1 Å². The minimum Gasteiger partial charge on any atom is -0.353 e. The van der Waals surface area contributed by atoms with Crippen LogP contribution in [-0.4, -0.2) is 66.7 Å². The summed E-state index contributed by atoms with van der Waals surface area (Å²) in [5.74, 6) is -1.27. The third kappa shape index (κ3) is 9.24. The van der Waals surface area contributed by atoms with E-state index in [2.05, 4.69) is 33.5 Å². The second kappa shape index (κ2) is 15.5. The number of carbonyl (C=O) groups excluding carboxylic acids is 5. The maximum atomic E-state index is 13.1. The Bertz CT molecular complexity index is 1160. The number of nitrogens with one attached hydrogen (secondary N) is 5. The van der Waals surface area contributed by atoms with Gasteiger partial charge in [0.2, 0.25) is 23.5 Å². The molecule has 2 aliphatic rings. The van der Waals surface area contributed by atoms with Gasteiger partial charge < -0.3 is 31.2 Å². The van der Waals surface area contributed by atoms with Crippen molar-refractivity contribution in [3.63, 3.8) is 0 Å². The number of pyridine rings is 1. The van der Waals surface area contributed by atoms with E-state index in [0.29, 0.717) is 24.8 Å². The number of hydrogen-bond donors (Lipinski definition) is 5. The van der Waals surface area contributed by atoms with Gasteiger partial charge in [-0.3, -0.25) is 28.8 Å². The van der Waals surface area contributed by atoms with Crippen LogP contribution in [0.25, 0.3) is 0 Å². The van der Waals surface area contributed by atoms with Gasteiger partial charge in [-0.1, -0.05) is 19.8 Å². The lowest BCUT2D eigenvalue weighted by atomic mass is 9.65. The maximum Gasteiger partial charge on any atom is 0.287 e. The zero-order valence-corrected chi connectivity index (χ0v) is 24.3. The molecule has 0 aromatic carbocycles. The monoisotopic (exact) mass is 572 g/mol. The van der Waals surface area contributed by atoms with Crippen molar-refractivity contribution in [2.75, 3.05) is 26.0 Å². The zero-order chi connectivity index (χ0) is 29.9. The van der Waals surface area contributed by atoms with Gasteiger partial charge in [-0.05, 0) is 75.6 Å². The molecule has 2 fully saturated rings. The lowest BCUT2D eigenvalue weighted by Crippen LogP contribution is -2.50. The van der Waals surface area contributed by atoms with E-state index in [0.717, 1.165) is 25.2 Å². The van der Waals surface area contributed by atoms with Gasteiger partial charge in [0.15, 0.2) is 0 Å². The van der Waals surface area contributed by atoms with Crippen molar-refractivity contribution < 1.29 is 24.0 Å². The number of hydrogen-bond acceptors (Lipinski definition) is 7. The average molecular weight is 573 g/mol. The molecule has 1 aromatic rings. The van der Waals surface area contributed by atoms with E-state index in [9.17, 15) is 28.8 Å². The smallest absolute Gasteiger partial charge is 0.287 e. The van der Waals surface area contributed by atoms with E-state index < -0.39 is 35.1 Å². The summed E-state index contributed by atoms with van der Waals surface area (Å²) in [6.45, 7) is 2.60. The number of rotatable bonds is 14. The third-order valence-electron chi connectivity index (χ3n) is 8.19. The maximum absolute atomic E-state index is 13.1. The summed E-state index contributed by atoms with van der Waals surface area (Å²) in [5, 5.41) is 13.5. The van der Waals surface area contributed by atoms with E-state index in [1.54, 1.807) is 13.1 Å². The van der Waals surface area contributed by atoms with Crippen molar-refractivity contribution in [3.05, 3.63) is 28.7 Å². The first kappa shape index (κ1) is 32.0. The summed E-state index contributed by atoms with van der Waals surface area (Å²) >= 11 is 0. The number of carbonyl (C=O) groups is 5. The topological polar surface area (TPSA) is 168 Å². The molecule has 3 rings (SSSR count). The average Bonchev–Trinajstić information content (AvgIpc) is 2.94. The molecule has 4 unspecified atom stereocenters. The van der Waals surface area contributed by atoms with E-state index in [-0.39, 0.29) is 43.4 Å². The molecular formula is C29H44N6O6. The normalized spacial score (nSPS) is 22.2. The van der Waals surface area contributed by atoms with E-state index in [1.165, 1.54) is 36.7 Å². The lowest BCUT2D eigenvalue weighted by Gasteiger charge is -2.44. The molecule has 1 aromatic heterocycles. The summed E-state index contributed by atoms with van der Waals surface area (Å²) in [6, 6.07) is 1.92. The molecule has 0 spiro atoms. The minimum absolute atomic E-state index is 0.0569. The number of nitrogens with zero attached hydrogens (tertiary/aromatic N) is 1. The Labute approximate surface area is 240 Å². The molecule has 0 aliphatic heterocycles. The van der Waals surface area contributed by atoms with E-state index >= 15 is 0 Å². The summed E-state index contributed by atoms with van der Waals surface area (Å²) < 4.78 is 1.24. The Kier molecular flexibility index (Phi) is 12.1. The SMILES string of the molecule is CNCCCC(=O)N[C@@H](CCC(=O)C(=O)NC)C(=O)Nc1cccn(CC(=O)NC2C(C)CC3CCCC2C3)c1=O. The van der Waals surface area contributed by atoms with Gasteiger partial charge >= 0.3 is 0 Å². The van der Waals surface area contributed by atoms with Crippen molar-refractivity contribution in [1.82, 2.24) is 25.8 Å². The molecule has 2 bridgehead atoms. The summed E-state index contributed by atoms with van der Waals surface area (Å²) in [7, 11) is 3.09. The van der Waals surface area contributed by atoms with Gasteiger partial charge in [-0.25, -0.2) is 0 Å². The Balaban J connectivity index is 1.65. The lowest BCUT2D eigenvalue weighted by molar-refractivity contribution is -0.138. The third-order valence-corrected chi connectivity index (χ3v) is 8.19. The van der Waals surface area contributed by atoms with Gasteiger partial charge in [-0.15, -0.1) is 0 Å². The molecule has 0 saturated heterocycles. The molecule has 2 saturated carbocycles. The number of aromatic nitrogens is 1. The van der Waals surface area contributed by atoms with Crippen LogP contribution >= 0.6 is 0 Å². The van der Waals surface area contributed by atoms with Crippen molar-refractivity contribution >= 4 is 35.1 Å². The highest BCUT2D eigenvalue weighted by atomic mass is 16.2. The van der Waals surface area contributed by atoms with Crippen LogP contribution in [0.1, 0.15) is 64.7 Å². The number of fused-ring (bicyclic) bond motifs is 2. The fourth-order valence-corrected chi connectivity index (χ4v) is 6.12. The molecule has 4 amide bonds. The van der Waals surface area contributed by atoms with E-state index in [1.807, 2.05) is 0 Å². The Hall–Kier alpha value is -3.54. The summed E-state index contributed by atoms with van der Waals surface area (Å²) in [6.07, 6.45) is 7.59. The second-order valence-corrected chi connectivity index (χ2v) is 11.3. The fraction of sp³-hybridized carbons (Fsp3) is 0.655. The standard InChI is InChI=1S/C29H44N6O6/c1-18-15-19-7-4-8-20(16-19)26(18)34-25(38)17-35-14-6-9-22(29(35)41)33-27(39)21(11-12-23(36)28(40)31-3)32-24(37)10-5-13-30-2/h6,9,14,18-21,26,30H,4-5,7-8,10-13,15-17H2,1-3H3,(H,31,40)(H,32,37)(H,33,39)(H,34,38)/t18?,19?,20?,21-,26?/m0/s1. The predicted octanol–water partition coefficient (Wildman–Crippen LogP) is 0.698. The summed E-state index contributed by atoms with van der Waals surface area (Å²) in [4.78, 5) is 75.3. The predicted molar refractivity (Wildman–Crippen MR) is 154 cm³/mol. The molecule has 2 aliphatic carbocycles. The number of anilines is 1. The van der Waals surface area contributed by atoms with Crippen LogP contribution in [0.5, 0.6) is 0 Å². The molecular weight excluding hydrogens is 528 g/mol. The molecule has 5 atom stereocenters. The quantitative estimate of drug-likeness (QED) is 0.162.